The lowest BCUT2D eigenvalue weighted by Gasteiger charge is -2.27. The average Bonchev–Trinajstić information content (AvgIpc) is 2.80. The molecule has 154 valence electrons. The molecule has 1 N–H and O–H groups in total. The van der Waals surface area contributed by atoms with E-state index in [0.29, 0.717) is 42.7 Å². The molecule has 1 aliphatic rings. The van der Waals surface area contributed by atoms with E-state index in [1.54, 1.807) is 23.1 Å². The van der Waals surface area contributed by atoms with Gasteiger partial charge in [0.15, 0.2) is 0 Å². The zero-order chi connectivity index (χ0) is 20.9. The van der Waals surface area contributed by atoms with Gasteiger partial charge in [-0.05, 0) is 29.3 Å². The van der Waals surface area contributed by atoms with Crippen molar-refractivity contribution in [1.82, 2.24) is 9.88 Å². The zero-order valence-electron chi connectivity index (χ0n) is 16.2. The molecular weight excluding hydrogens is 405 g/mol. The van der Waals surface area contributed by atoms with Crippen LogP contribution in [0.5, 0.6) is 0 Å². The summed E-state index contributed by atoms with van der Waals surface area (Å²) in [6.07, 6.45) is 1.53. The van der Waals surface area contributed by atoms with Crippen LogP contribution in [0.3, 0.4) is 0 Å². The van der Waals surface area contributed by atoms with E-state index in [4.69, 9.17) is 16.3 Å². The number of carbonyl (C=O) groups is 1. The lowest BCUT2D eigenvalue weighted by molar-refractivity contribution is 0.0302. The summed E-state index contributed by atoms with van der Waals surface area (Å²) in [6, 6.07) is 17.4. The Labute approximate surface area is 179 Å². The monoisotopic (exact) mass is 425 g/mol. The predicted molar refractivity (Wildman–Crippen MR) is 114 cm³/mol. The van der Waals surface area contributed by atoms with Crippen LogP contribution in [0, 0.1) is 5.82 Å². The van der Waals surface area contributed by atoms with Gasteiger partial charge in [-0.1, -0.05) is 54.1 Å². The number of nitrogens with one attached hydrogen (secondary N) is 1. The van der Waals surface area contributed by atoms with Crippen molar-refractivity contribution in [3.8, 4) is 0 Å². The number of benzene rings is 2. The Kier molecular flexibility index (Phi) is 6.26. The third kappa shape index (κ3) is 4.61. The second-order valence-corrected chi connectivity index (χ2v) is 7.41. The van der Waals surface area contributed by atoms with Crippen LogP contribution in [0.15, 0.2) is 66.9 Å². The molecule has 1 fully saturated rings. The second kappa shape index (κ2) is 9.24. The summed E-state index contributed by atoms with van der Waals surface area (Å²) < 4.78 is 18.7. The molecule has 2 aromatic carbocycles. The number of morpholine rings is 1. The molecule has 1 unspecified atom stereocenters. The van der Waals surface area contributed by atoms with E-state index in [0.717, 1.165) is 11.1 Å². The third-order valence-corrected chi connectivity index (χ3v) is 5.29. The minimum Gasteiger partial charge on any atom is -0.378 e. The molecule has 0 spiro atoms. The number of carbonyl (C=O) groups excluding carboxylic acids is 1. The van der Waals surface area contributed by atoms with Crippen molar-refractivity contribution in [3.05, 3.63) is 94.4 Å². The van der Waals surface area contributed by atoms with Crippen LogP contribution >= 0.6 is 11.6 Å². The van der Waals surface area contributed by atoms with Crippen molar-refractivity contribution in [2.75, 3.05) is 31.6 Å². The molecule has 30 heavy (non-hydrogen) atoms. The van der Waals surface area contributed by atoms with Gasteiger partial charge in [0.2, 0.25) is 0 Å². The van der Waals surface area contributed by atoms with Gasteiger partial charge in [0.25, 0.3) is 5.91 Å². The fourth-order valence-corrected chi connectivity index (χ4v) is 3.63. The number of aromatic nitrogens is 1. The Morgan fingerprint density at radius 3 is 2.40 bits per heavy atom. The van der Waals surface area contributed by atoms with Crippen molar-refractivity contribution in [3.63, 3.8) is 0 Å². The first-order valence-electron chi connectivity index (χ1n) is 9.71. The van der Waals surface area contributed by atoms with Crippen molar-refractivity contribution in [2.45, 2.75) is 6.04 Å². The van der Waals surface area contributed by atoms with Crippen LogP contribution in [0.4, 0.5) is 10.2 Å². The molecule has 0 saturated carbocycles. The zero-order valence-corrected chi connectivity index (χ0v) is 17.0. The van der Waals surface area contributed by atoms with Crippen LogP contribution in [-0.2, 0) is 4.74 Å². The fourth-order valence-electron chi connectivity index (χ4n) is 3.41. The van der Waals surface area contributed by atoms with Crippen molar-refractivity contribution in [2.24, 2.45) is 0 Å². The van der Waals surface area contributed by atoms with Crippen LogP contribution < -0.4 is 5.32 Å². The van der Waals surface area contributed by atoms with Gasteiger partial charge in [0.05, 0.1) is 29.8 Å². The van der Waals surface area contributed by atoms with Crippen molar-refractivity contribution >= 4 is 23.3 Å². The number of nitrogens with zero attached hydrogens (tertiary/aromatic N) is 2. The summed E-state index contributed by atoms with van der Waals surface area (Å²) in [6.45, 7) is 2.17. The number of amides is 1. The molecule has 5 nitrogen and oxygen atoms in total. The number of rotatable bonds is 5. The molecule has 1 saturated heterocycles. The van der Waals surface area contributed by atoms with Gasteiger partial charge in [-0.2, -0.15) is 0 Å². The third-order valence-electron chi connectivity index (χ3n) is 5.00. The first-order chi connectivity index (χ1) is 14.6. The summed E-state index contributed by atoms with van der Waals surface area (Å²) in [4.78, 5) is 18.8. The van der Waals surface area contributed by atoms with Gasteiger partial charge in [0, 0.05) is 19.3 Å². The number of hydrogen-bond donors (Lipinski definition) is 1. The van der Waals surface area contributed by atoms with E-state index in [-0.39, 0.29) is 17.8 Å². The minimum absolute atomic E-state index is 0.114. The number of anilines is 1. The Morgan fingerprint density at radius 2 is 1.73 bits per heavy atom. The van der Waals surface area contributed by atoms with Crippen LogP contribution in [-0.4, -0.2) is 42.1 Å². The molecule has 7 heteroatoms. The highest BCUT2D eigenvalue weighted by Gasteiger charge is 2.21. The van der Waals surface area contributed by atoms with Crippen LogP contribution in [0.2, 0.25) is 5.02 Å². The summed E-state index contributed by atoms with van der Waals surface area (Å²) in [5.74, 6) is 0.0402. The molecule has 4 rings (SSSR count). The number of hydrogen-bond acceptors (Lipinski definition) is 4. The SMILES string of the molecule is O=C(c1cnc(NC(c2ccccc2)c2ccc(F)cc2)c(Cl)c1)N1CCOCC1. The van der Waals surface area contributed by atoms with Crippen LogP contribution in [0.25, 0.3) is 0 Å². The molecule has 1 aromatic heterocycles. The Hall–Kier alpha value is -2.96. The summed E-state index contributed by atoms with van der Waals surface area (Å²) >= 11 is 6.48. The summed E-state index contributed by atoms with van der Waals surface area (Å²) in [7, 11) is 0. The minimum atomic E-state index is -0.298. The highest BCUT2D eigenvalue weighted by molar-refractivity contribution is 6.33. The molecular formula is C23H21ClFN3O2. The van der Waals surface area contributed by atoms with E-state index in [9.17, 15) is 9.18 Å². The van der Waals surface area contributed by atoms with Crippen molar-refractivity contribution in [1.29, 1.82) is 0 Å². The van der Waals surface area contributed by atoms with E-state index in [1.165, 1.54) is 18.3 Å². The quantitative estimate of drug-likeness (QED) is 0.651. The maximum Gasteiger partial charge on any atom is 0.255 e. The van der Waals surface area contributed by atoms with E-state index >= 15 is 0 Å². The molecule has 0 radical (unpaired) electrons. The molecule has 1 aliphatic heterocycles. The van der Waals surface area contributed by atoms with Crippen LogP contribution in [0.1, 0.15) is 27.5 Å². The second-order valence-electron chi connectivity index (χ2n) is 7.00. The van der Waals surface area contributed by atoms with E-state index in [1.807, 2.05) is 30.3 Å². The highest BCUT2D eigenvalue weighted by Crippen LogP contribution is 2.30. The van der Waals surface area contributed by atoms with Gasteiger partial charge in [0.1, 0.15) is 11.6 Å². The summed E-state index contributed by atoms with van der Waals surface area (Å²) in [5.41, 5.74) is 2.29. The average molecular weight is 426 g/mol. The Morgan fingerprint density at radius 1 is 1.07 bits per heavy atom. The van der Waals surface area contributed by atoms with Gasteiger partial charge >= 0.3 is 0 Å². The van der Waals surface area contributed by atoms with Gasteiger partial charge < -0.3 is 15.0 Å². The molecule has 2 heterocycles. The first-order valence-corrected chi connectivity index (χ1v) is 10.1. The van der Waals surface area contributed by atoms with E-state index < -0.39 is 0 Å². The maximum atomic E-state index is 13.4. The molecule has 0 bridgehead atoms. The summed E-state index contributed by atoms with van der Waals surface area (Å²) in [5, 5.41) is 3.68. The smallest absolute Gasteiger partial charge is 0.255 e. The van der Waals surface area contributed by atoms with Gasteiger partial charge in [-0.3, -0.25) is 4.79 Å². The lowest BCUT2D eigenvalue weighted by Crippen LogP contribution is -2.40. The van der Waals surface area contributed by atoms with Gasteiger partial charge in [-0.15, -0.1) is 0 Å². The fraction of sp³-hybridized carbons (Fsp3) is 0.217. The topological polar surface area (TPSA) is 54.5 Å². The highest BCUT2D eigenvalue weighted by atomic mass is 35.5. The van der Waals surface area contributed by atoms with E-state index in [2.05, 4.69) is 10.3 Å². The largest absolute Gasteiger partial charge is 0.378 e. The number of halogens is 2. The molecule has 1 atom stereocenters. The maximum absolute atomic E-state index is 13.4. The standard InChI is InChI=1S/C23H21ClFN3O2/c24-20-14-18(23(29)28-10-12-30-13-11-28)15-26-22(20)27-21(16-4-2-1-3-5-16)17-6-8-19(25)9-7-17/h1-9,14-15,21H,10-13H2,(H,26,27). The normalized spacial score (nSPS) is 14.9. The first kappa shape index (κ1) is 20.3. The van der Waals surface area contributed by atoms with Gasteiger partial charge in [-0.25, -0.2) is 9.37 Å². The molecule has 1 amide bonds. The Bertz CT molecular complexity index is 1010. The predicted octanol–water partition coefficient (Wildman–Crippen LogP) is 4.55. The Balaban J connectivity index is 1.60. The molecule has 3 aromatic rings. The van der Waals surface area contributed by atoms with Crippen molar-refractivity contribution < 1.29 is 13.9 Å². The molecule has 0 aliphatic carbocycles. The lowest BCUT2D eigenvalue weighted by atomic mass is 9.98. The number of ether oxygens (including phenoxy) is 1. The number of pyridine rings is 1.